The molecule has 0 spiro atoms. The maximum atomic E-state index is 12.4. The summed E-state index contributed by atoms with van der Waals surface area (Å²) >= 11 is 5.95. The summed E-state index contributed by atoms with van der Waals surface area (Å²) in [7, 11) is -7.41. The Morgan fingerprint density at radius 3 is 2.08 bits per heavy atom. The Morgan fingerprint density at radius 1 is 1.08 bits per heavy atom. The van der Waals surface area contributed by atoms with Crippen LogP contribution in [0.4, 0.5) is 0 Å². The molecule has 6 nitrogen and oxygen atoms in total. The van der Waals surface area contributed by atoms with Crippen LogP contribution in [0.3, 0.4) is 0 Å². The Labute approximate surface area is 150 Å². The van der Waals surface area contributed by atoms with E-state index in [-0.39, 0.29) is 33.4 Å². The minimum absolute atomic E-state index is 0.0144. The first kappa shape index (κ1) is 21.4. The lowest BCUT2D eigenvalue weighted by atomic mass is 10.2. The number of nitrogens with zero attached hydrogens (tertiary/aromatic N) is 1. The molecule has 0 amide bonds. The van der Waals surface area contributed by atoms with Gasteiger partial charge in [-0.25, -0.2) is 21.6 Å². The van der Waals surface area contributed by atoms with Crippen LogP contribution >= 0.6 is 11.6 Å². The molecule has 0 aliphatic carbocycles. The molecule has 0 aliphatic heterocycles. The van der Waals surface area contributed by atoms with E-state index in [4.69, 9.17) is 11.6 Å². The van der Waals surface area contributed by atoms with Gasteiger partial charge >= 0.3 is 0 Å². The van der Waals surface area contributed by atoms with Gasteiger partial charge in [-0.1, -0.05) is 11.6 Å². The molecule has 0 saturated heterocycles. The summed E-state index contributed by atoms with van der Waals surface area (Å²) < 4.78 is 50.6. The fraction of sp³-hybridized carbons (Fsp3) is 0.600. The monoisotopic (exact) mass is 396 g/mol. The Morgan fingerprint density at radius 2 is 1.62 bits per heavy atom. The lowest BCUT2D eigenvalue weighted by molar-refractivity contribution is 0.179. The van der Waals surface area contributed by atoms with Gasteiger partial charge in [0.15, 0.2) is 9.84 Å². The van der Waals surface area contributed by atoms with Crippen molar-refractivity contribution in [1.82, 2.24) is 9.62 Å². The highest BCUT2D eigenvalue weighted by Gasteiger charge is 2.21. The van der Waals surface area contributed by atoms with Gasteiger partial charge in [0, 0.05) is 31.4 Å². The zero-order chi connectivity index (χ0) is 18.7. The van der Waals surface area contributed by atoms with Gasteiger partial charge in [-0.3, -0.25) is 4.90 Å². The van der Waals surface area contributed by atoms with E-state index in [0.717, 1.165) is 12.3 Å². The van der Waals surface area contributed by atoms with Crippen molar-refractivity contribution in [3.05, 3.63) is 23.2 Å². The van der Waals surface area contributed by atoms with Crippen LogP contribution in [0, 0.1) is 0 Å². The molecule has 0 fully saturated rings. The van der Waals surface area contributed by atoms with Crippen molar-refractivity contribution in [2.75, 3.05) is 19.3 Å². The molecule has 0 unspecified atom stereocenters. The summed E-state index contributed by atoms with van der Waals surface area (Å²) in [6, 6.07) is 4.22. The molecule has 24 heavy (non-hydrogen) atoms. The van der Waals surface area contributed by atoms with Gasteiger partial charge in [-0.15, -0.1) is 0 Å². The van der Waals surface area contributed by atoms with E-state index in [0.29, 0.717) is 6.54 Å². The molecule has 1 aromatic rings. The van der Waals surface area contributed by atoms with Crippen molar-refractivity contribution in [3.8, 4) is 0 Å². The summed E-state index contributed by atoms with van der Waals surface area (Å²) in [5.74, 6) is 0. The van der Waals surface area contributed by atoms with Crippen molar-refractivity contribution < 1.29 is 16.8 Å². The third kappa shape index (κ3) is 5.70. The molecule has 9 heteroatoms. The average molecular weight is 397 g/mol. The van der Waals surface area contributed by atoms with Crippen LogP contribution in [0.2, 0.25) is 5.02 Å². The fourth-order valence-electron chi connectivity index (χ4n) is 2.42. The summed E-state index contributed by atoms with van der Waals surface area (Å²) in [6.07, 6.45) is 1.02. The Balaban J connectivity index is 2.97. The number of halogens is 1. The van der Waals surface area contributed by atoms with Crippen molar-refractivity contribution in [1.29, 1.82) is 0 Å². The van der Waals surface area contributed by atoms with Crippen molar-refractivity contribution >= 4 is 31.5 Å². The van der Waals surface area contributed by atoms with Gasteiger partial charge in [-0.2, -0.15) is 0 Å². The van der Waals surface area contributed by atoms with Crippen LogP contribution in [0.5, 0.6) is 0 Å². The lowest BCUT2D eigenvalue weighted by Crippen LogP contribution is -2.42. The second kappa shape index (κ2) is 8.14. The van der Waals surface area contributed by atoms with Gasteiger partial charge in [0.1, 0.15) is 4.90 Å². The zero-order valence-electron chi connectivity index (χ0n) is 14.6. The highest BCUT2D eigenvalue weighted by atomic mass is 35.5. The van der Waals surface area contributed by atoms with E-state index in [2.05, 4.69) is 9.62 Å². The van der Waals surface area contributed by atoms with Crippen LogP contribution < -0.4 is 4.72 Å². The number of hydrogen-bond acceptors (Lipinski definition) is 5. The van der Waals surface area contributed by atoms with E-state index >= 15 is 0 Å². The third-order valence-electron chi connectivity index (χ3n) is 3.61. The second-order valence-electron chi connectivity index (χ2n) is 6.19. The van der Waals surface area contributed by atoms with E-state index in [1.165, 1.54) is 12.1 Å². The topological polar surface area (TPSA) is 83.6 Å². The second-order valence-corrected chi connectivity index (χ2v) is 10.3. The minimum Gasteiger partial charge on any atom is -0.297 e. The van der Waals surface area contributed by atoms with E-state index < -0.39 is 19.9 Å². The first-order chi connectivity index (χ1) is 10.9. The van der Waals surface area contributed by atoms with Gasteiger partial charge in [0.05, 0.1) is 9.92 Å². The number of nitrogens with one attached hydrogen (secondary N) is 1. The van der Waals surface area contributed by atoms with Gasteiger partial charge in [0.2, 0.25) is 10.0 Å². The lowest BCUT2D eigenvalue weighted by Gasteiger charge is -2.30. The van der Waals surface area contributed by atoms with E-state index in [9.17, 15) is 16.8 Å². The molecule has 0 atom stereocenters. The first-order valence-corrected chi connectivity index (χ1v) is 11.4. The Kier molecular flexibility index (Phi) is 7.25. The molecule has 0 aliphatic rings. The zero-order valence-corrected chi connectivity index (χ0v) is 17.0. The molecule has 0 radical (unpaired) electrons. The smallest absolute Gasteiger partial charge is 0.242 e. The molecule has 0 heterocycles. The Bertz CT molecular complexity index is 767. The average Bonchev–Trinajstić information content (AvgIpc) is 2.41. The van der Waals surface area contributed by atoms with Crippen molar-refractivity contribution in [2.24, 2.45) is 0 Å². The van der Waals surface area contributed by atoms with Crippen LogP contribution in [-0.2, 0) is 19.9 Å². The van der Waals surface area contributed by atoms with E-state index in [1.54, 1.807) is 0 Å². The minimum atomic E-state index is -3.89. The number of sulfone groups is 1. The predicted molar refractivity (Wildman–Crippen MR) is 96.7 cm³/mol. The first-order valence-electron chi connectivity index (χ1n) is 7.61. The maximum Gasteiger partial charge on any atom is 0.242 e. The molecular formula is C15H25ClN2O4S2. The van der Waals surface area contributed by atoms with Crippen molar-refractivity contribution in [3.63, 3.8) is 0 Å². The van der Waals surface area contributed by atoms with Crippen LogP contribution in [0.15, 0.2) is 28.0 Å². The van der Waals surface area contributed by atoms with Gasteiger partial charge in [-0.05, 0) is 45.9 Å². The Hall–Kier alpha value is -0.670. The number of hydrogen-bond donors (Lipinski definition) is 1. The summed E-state index contributed by atoms with van der Waals surface area (Å²) in [5.41, 5.74) is 0. The molecule has 1 rings (SSSR count). The van der Waals surface area contributed by atoms with Crippen LogP contribution in [0.25, 0.3) is 0 Å². The van der Waals surface area contributed by atoms with E-state index in [1.807, 2.05) is 27.7 Å². The maximum absolute atomic E-state index is 12.4. The molecule has 0 saturated carbocycles. The highest BCUT2D eigenvalue weighted by Crippen LogP contribution is 2.24. The molecular weight excluding hydrogens is 372 g/mol. The quantitative estimate of drug-likeness (QED) is 0.727. The van der Waals surface area contributed by atoms with Crippen molar-refractivity contribution in [2.45, 2.75) is 49.6 Å². The molecule has 1 N–H and O–H groups in total. The highest BCUT2D eigenvalue weighted by molar-refractivity contribution is 7.91. The summed E-state index contributed by atoms with van der Waals surface area (Å²) in [4.78, 5) is 1.84. The molecule has 0 aromatic heterocycles. The molecule has 1 aromatic carbocycles. The normalized spacial score (nSPS) is 13.2. The number of rotatable bonds is 8. The molecule has 0 bridgehead atoms. The largest absolute Gasteiger partial charge is 0.297 e. The van der Waals surface area contributed by atoms with Crippen LogP contribution in [0.1, 0.15) is 27.7 Å². The third-order valence-corrected chi connectivity index (χ3v) is 6.66. The van der Waals surface area contributed by atoms with Gasteiger partial charge in [0.25, 0.3) is 0 Å². The number of benzene rings is 1. The SMILES string of the molecule is CC(C)N(CCNS(=O)(=O)c1cc(S(C)(=O)=O)ccc1Cl)C(C)C. The summed E-state index contributed by atoms with van der Waals surface area (Å²) in [6.45, 7) is 8.92. The van der Waals surface area contributed by atoms with Crippen LogP contribution in [-0.4, -0.2) is 53.2 Å². The number of sulfonamides is 1. The predicted octanol–water partition coefficient (Wildman–Crippen LogP) is 2.14. The fourth-order valence-corrected chi connectivity index (χ4v) is 4.69. The standard InChI is InChI=1S/C15H25ClN2O4S2/c1-11(2)18(12(3)4)9-8-17-24(21,22)15-10-13(23(5,19)20)6-7-14(15)16/h6-7,10-12,17H,8-9H2,1-5H3. The van der Waals surface area contributed by atoms with Gasteiger partial charge < -0.3 is 0 Å². The molecule has 138 valence electrons. The summed E-state index contributed by atoms with van der Waals surface area (Å²) in [5, 5.41) is -0.0144.